The van der Waals surface area contributed by atoms with Crippen molar-refractivity contribution in [2.75, 3.05) is 11.9 Å². The Kier molecular flexibility index (Phi) is 3.44. The van der Waals surface area contributed by atoms with Crippen LogP contribution in [0.2, 0.25) is 0 Å². The minimum absolute atomic E-state index is 0.217. The zero-order valence-electron chi connectivity index (χ0n) is 9.87. The number of anilines is 1. The molecule has 3 rings (SSSR count). The SMILES string of the molecule is ClC(CNc1nccc2c(Br)cccc12)C1CC1. The number of alkyl halides is 1. The summed E-state index contributed by atoms with van der Waals surface area (Å²) < 4.78 is 1.09. The van der Waals surface area contributed by atoms with Crippen LogP contribution >= 0.6 is 27.5 Å². The first-order valence-electron chi connectivity index (χ1n) is 6.17. The van der Waals surface area contributed by atoms with E-state index in [4.69, 9.17) is 11.6 Å². The summed E-state index contributed by atoms with van der Waals surface area (Å²) >= 11 is 9.87. The van der Waals surface area contributed by atoms with Gasteiger partial charge in [0.05, 0.1) is 5.38 Å². The molecule has 1 heterocycles. The molecule has 4 heteroatoms. The molecular weight excluding hydrogens is 312 g/mol. The second-order valence-electron chi connectivity index (χ2n) is 4.73. The fourth-order valence-corrected chi connectivity index (χ4v) is 2.96. The Hall–Kier alpha value is -0.800. The van der Waals surface area contributed by atoms with E-state index in [0.717, 1.165) is 22.2 Å². The summed E-state index contributed by atoms with van der Waals surface area (Å²) in [5, 5.41) is 5.89. The summed E-state index contributed by atoms with van der Waals surface area (Å²) in [5.74, 6) is 1.61. The third-order valence-corrected chi connectivity index (χ3v) is 4.55. The van der Waals surface area contributed by atoms with Gasteiger partial charge in [-0.25, -0.2) is 4.98 Å². The van der Waals surface area contributed by atoms with Gasteiger partial charge in [0, 0.05) is 28.0 Å². The van der Waals surface area contributed by atoms with Gasteiger partial charge in [-0.15, -0.1) is 11.6 Å². The molecule has 1 aromatic heterocycles. The number of nitrogens with zero attached hydrogens (tertiary/aromatic N) is 1. The minimum atomic E-state index is 0.217. The van der Waals surface area contributed by atoms with E-state index in [1.807, 2.05) is 24.4 Å². The van der Waals surface area contributed by atoms with Gasteiger partial charge < -0.3 is 5.32 Å². The zero-order valence-corrected chi connectivity index (χ0v) is 12.2. The van der Waals surface area contributed by atoms with Crippen molar-refractivity contribution in [3.8, 4) is 0 Å². The Morgan fingerprint density at radius 1 is 1.33 bits per heavy atom. The monoisotopic (exact) mass is 324 g/mol. The number of pyridine rings is 1. The Balaban J connectivity index is 1.84. The molecular formula is C14H14BrClN2. The summed E-state index contributed by atoms with van der Waals surface area (Å²) in [6.45, 7) is 0.783. The fourth-order valence-electron chi connectivity index (χ4n) is 2.13. The van der Waals surface area contributed by atoms with Crippen LogP contribution in [0, 0.1) is 5.92 Å². The van der Waals surface area contributed by atoms with Crippen molar-refractivity contribution < 1.29 is 0 Å². The van der Waals surface area contributed by atoms with E-state index in [0.29, 0.717) is 5.92 Å². The molecule has 0 bridgehead atoms. The standard InChI is InChI=1S/C14H14BrClN2/c15-12-3-1-2-11-10(12)6-7-17-14(11)18-8-13(16)9-4-5-9/h1-3,6-7,9,13H,4-5,8H2,(H,17,18). The fraction of sp³-hybridized carbons (Fsp3) is 0.357. The maximum Gasteiger partial charge on any atom is 0.133 e. The molecule has 0 saturated heterocycles. The molecule has 1 atom stereocenters. The lowest BCUT2D eigenvalue weighted by atomic mass is 10.1. The summed E-state index contributed by atoms with van der Waals surface area (Å²) in [7, 11) is 0. The smallest absolute Gasteiger partial charge is 0.133 e. The topological polar surface area (TPSA) is 24.9 Å². The molecule has 1 saturated carbocycles. The molecule has 2 nitrogen and oxygen atoms in total. The number of rotatable bonds is 4. The van der Waals surface area contributed by atoms with Gasteiger partial charge in [-0.2, -0.15) is 0 Å². The van der Waals surface area contributed by atoms with Crippen LogP contribution in [0.5, 0.6) is 0 Å². The van der Waals surface area contributed by atoms with Gasteiger partial charge in [0.2, 0.25) is 0 Å². The minimum Gasteiger partial charge on any atom is -0.368 e. The molecule has 0 spiro atoms. The lowest BCUT2D eigenvalue weighted by Gasteiger charge is -2.12. The van der Waals surface area contributed by atoms with Crippen LogP contribution in [0.25, 0.3) is 10.8 Å². The van der Waals surface area contributed by atoms with Crippen LogP contribution < -0.4 is 5.32 Å². The second-order valence-corrected chi connectivity index (χ2v) is 6.14. The van der Waals surface area contributed by atoms with Gasteiger partial charge >= 0.3 is 0 Å². The van der Waals surface area contributed by atoms with E-state index in [9.17, 15) is 0 Å². The largest absolute Gasteiger partial charge is 0.368 e. The average molecular weight is 326 g/mol. The molecule has 0 amide bonds. The van der Waals surface area contributed by atoms with Crippen molar-refractivity contribution >= 4 is 44.1 Å². The van der Waals surface area contributed by atoms with Crippen molar-refractivity contribution in [1.29, 1.82) is 0 Å². The third kappa shape index (κ3) is 2.47. The number of nitrogens with one attached hydrogen (secondary N) is 1. The number of aromatic nitrogens is 1. The summed E-state index contributed by atoms with van der Waals surface area (Å²) in [4.78, 5) is 4.41. The highest BCUT2D eigenvalue weighted by Gasteiger charge is 2.29. The molecule has 1 fully saturated rings. The van der Waals surface area contributed by atoms with E-state index in [2.05, 4.69) is 32.3 Å². The van der Waals surface area contributed by atoms with E-state index >= 15 is 0 Å². The van der Waals surface area contributed by atoms with Gasteiger partial charge in [-0.05, 0) is 30.9 Å². The highest BCUT2D eigenvalue weighted by Crippen LogP contribution is 2.36. The number of halogens is 2. The zero-order chi connectivity index (χ0) is 12.5. The van der Waals surface area contributed by atoms with Crippen LogP contribution in [0.4, 0.5) is 5.82 Å². The molecule has 18 heavy (non-hydrogen) atoms. The Morgan fingerprint density at radius 2 is 2.17 bits per heavy atom. The Labute approximate surface area is 120 Å². The molecule has 1 unspecified atom stereocenters. The van der Waals surface area contributed by atoms with E-state index in [-0.39, 0.29) is 5.38 Å². The number of hydrogen-bond donors (Lipinski definition) is 1. The number of hydrogen-bond acceptors (Lipinski definition) is 2. The number of benzene rings is 1. The van der Waals surface area contributed by atoms with E-state index in [1.54, 1.807) is 0 Å². The lowest BCUT2D eigenvalue weighted by Crippen LogP contribution is -2.16. The Bertz CT molecular complexity index is 569. The third-order valence-electron chi connectivity index (χ3n) is 3.35. The highest BCUT2D eigenvalue weighted by atomic mass is 79.9. The predicted molar refractivity (Wildman–Crippen MR) is 80.3 cm³/mol. The first-order valence-corrected chi connectivity index (χ1v) is 7.40. The van der Waals surface area contributed by atoms with Gasteiger partial charge in [0.1, 0.15) is 5.82 Å². The average Bonchev–Trinajstić information content (AvgIpc) is 3.21. The normalized spacial score (nSPS) is 16.8. The molecule has 94 valence electrons. The molecule has 0 radical (unpaired) electrons. The first kappa shape index (κ1) is 12.2. The van der Waals surface area contributed by atoms with Crippen LogP contribution in [0.3, 0.4) is 0 Å². The van der Waals surface area contributed by atoms with Gasteiger partial charge in [0.25, 0.3) is 0 Å². The van der Waals surface area contributed by atoms with Crippen LogP contribution in [-0.4, -0.2) is 16.9 Å². The maximum atomic E-state index is 6.31. The van der Waals surface area contributed by atoms with E-state index < -0.39 is 0 Å². The van der Waals surface area contributed by atoms with Crippen molar-refractivity contribution in [1.82, 2.24) is 4.98 Å². The summed E-state index contributed by atoms with van der Waals surface area (Å²) in [5.41, 5.74) is 0. The summed E-state index contributed by atoms with van der Waals surface area (Å²) in [6, 6.07) is 8.17. The molecule has 0 aliphatic heterocycles. The molecule has 1 N–H and O–H groups in total. The Morgan fingerprint density at radius 3 is 2.94 bits per heavy atom. The van der Waals surface area contributed by atoms with Gasteiger partial charge in [-0.1, -0.05) is 28.1 Å². The number of fused-ring (bicyclic) bond motifs is 1. The molecule has 1 aromatic carbocycles. The lowest BCUT2D eigenvalue weighted by molar-refractivity contribution is 0.769. The first-order chi connectivity index (χ1) is 8.75. The van der Waals surface area contributed by atoms with Crippen LogP contribution in [-0.2, 0) is 0 Å². The summed E-state index contributed by atoms with van der Waals surface area (Å²) in [6.07, 6.45) is 4.37. The maximum absolute atomic E-state index is 6.31. The molecule has 1 aliphatic rings. The predicted octanol–water partition coefficient (Wildman–Crippen LogP) is 4.43. The van der Waals surface area contributed by atoms with Gasteiger partial charge in [0.15, 0.2) is 0 Å². The van der Waals surface area contributed by atoms with Crippen molar-refractivity contribution in [2.24, 2.45) is 5.92 Å². The quantitative estimate of drug-likeness (QED) is 0.841. The van der Waals surface area contributed by atoms with Crippen molar-refractivity contribution in [3.05, 3.63) is 34.9 Å². The van der Waals surface area contributed by atoms with E-state index in [1.165, 1.54) is 18.2 Å². The highest BCUT2D eigenvalue weighted by molar-refractivity contribution is 9.10. The van der Waals surface area contributed by atoms with Crippen LogP contribution in [0.1, 0.15) is 12.8 Å². The van der Waals surface area contributed by atoms with Crippen molar-refractivity contribution in [3.63, 3.8) is 0 Å². The molecule has 1 aliphatic carbocycles. The second kappa shape index (κ2) is 5.06. The van der Waals surface area contributed by atoms with Crippen LogP contribution in [0.15, 0.2) is 34.9 Å². The van der Waals surface area contributed by atoms with Crippen molar-refractivity contribution in [2.45, 2.75) is 18.2 Å². The van der Waals surface area contributed by atoms with Gasteiger partial charge in [-0.3, -0.25) is 0 Å². The molecule has 2 aromatic rings.